The van der Waals surface area contributed by atoms with Gasteiger partial charge in [0.15, 0.2) is 0 Å². The molecular formula is C11H21NO. The smallest absolute Gasteiger partial charge is 0.133 e. The lowest BCUT2D eigenvalue weighted by Gasteiger charge is -2.27. The molecule has 0 spiro atoms. The van der Waals surface area contributed by atoms with Crippen molar-refractivity contribution in [1.29, 1.82) is 0 Å². The van der Waals surface area contributed by atoms with E-state index in [9.17, 15) is 4.79 Å². The van der Waals surface area contributed by atoms with Crippen molar-refractivity contribution in [2.75, 3.05) is 6.54 Å². The normalized spacial score (nSPS) is 24.8. The fraction of sp³-hybridized carbons (Fsp3) is 0.909. The Kier molecular flexibility index (Phi) is 3.48. The van der Waals surface area contributed by atoms with E-state index in [2.05, 4.69) is 26.1 Å². The summed E-state index contributed by atoms with van der Waals surface area (Å²) >= 11 is 0. The standard InChI is InChI=1S/C11H21NO/c1-11(2,3)12-8-9-5-4-6-10(13)7-9/h9,12H,4-8H2,1-3H3. The first-order valence-corrected chi connectivity index (χ1v) is 5.24. The zero-order chi connectivity index (χ0) is 9.90. The maximum absolute atomic E-state index is 11.2. The first kappa shape index (κ1) is 10.7. The summed E-state index contributed by atoms with van der Waals surface area (Å²) in [7, 11) is 0. The fourth-order valence-corrected chi connectivity index (χ4v) is 1.74. The van der Waals surface area contributed by atoms with E-state index in [1.54, 1.807) is 0 Å². The second-order valence-corrected chi connectivity index (χ2v) is 5.13. The van der Waals surface area contributed by atoms with Crippen molar-refractivity contribution < 1.29 is 4.79 Å². The fourth-order valence-electron chi connectivity index (χ4n) is 1.74. The van der Waals surface area contributed by atoms with Gasteiger partial charge in [0.1, 0.15) is 5.78 Å². The van der Waals surface area contributed by atoms with Crippen molar-refractivity contribution in [3.63, 3.8) is 0 Å². The molecule has 0 aromatic rings. The van der Waals surface area contributed by atoms with E-state index in [1.807, 2.05) is 0 Å². The van der Waals surface area contributed by atoms with E-state index in [0.717, 1.165) is 25.8 Å². The number of carbonyl (C=O) groups is 1. The molecular weight excluding hydrogens is 162 g/mol. The van der Waals surface area contributed by atoms with Crippen LogP contribution in [0, 0.1) is 5.92 Å². The highest BCUT2D eigenvalue weighted by Gasteiger charge is 2.20. The number of hydrogen-bond donors (Lipinski definition) is 1. The molecule has 0 amide bonds. The maximum Gasteiger partial charge on any atom is 0.133 e. The van der Waals surface area contributed by atoms with Crippen LogP contribution in [0.2, 0.25) is 0 Å². The Morgan fingerprint density at radius 2 is 2.15 bits per heavy atom. The largest absolute Gasteiger partial charge is 0.312 e. The van der Waals surface area contributed by atoms with Gasteiger partial charge in [0.25, 0.3) is 0 Å². The molecule has 0 aliphatic heterocycles. The molecule has 1 atom stereocenters. The van der Waals surface area contributed by atoms with Gasteiger partial charge in [-0.15, -0.1) is 0 Å². The van der Waals surface area contributed by atoms with Gasteiger partial charge in [-0.25, -0.2) is 0 Å². The van der Waals surface area contributed by atoms with Crippen LogP contribution >= 0.6 is 0 Å². The van der Waals surface area contributed by atoms with Crippen LogP contribution < -0.4 is 5.32 Å². The third-order valence-corrected chi connectivity index (χ3v) is 2.51. The lowest BCUT2D eigenvalue weighted by Crippen LogP contribution is -2.40. The highest BCUT2D eigenvalue weighted by molar-refractivity contribution is 5.79. The second kappa shape index (κ2) is 4.23. The van der Waals surface area contributed by atoms with Gasteiger partial charge in [0.05, 0.1) is 0 Å². The molecule has 1 N–H and O–H groups in total. The topological polar surface area (TPSA) is 29.1 Å². The lowest BCUT2D eigenvalue weighted by molar-refractivity contribution is -0.121. The predicted octanol–water partition coefficient (Wildman–Crippen LogP) is 2.13. The van der Waals surface area contributed by atoms with Crippen LogP contribution in [-0.4, -0.2) is 17.9 Å². The molecule has 2 nitrogen and oxygen atoms in total. The Morgan fingerprint density at radius 3 is 2.69 bits per heavy atom. The summed E-state index contributed by atoms with van der Waals surface area (Å²) in [4.78, 5) is 11.2. The molecule has 13 heavy (non-hydrogen) atoms. The minimum absolute atomic E-state index is 0.181. The number of ketones is 1. The summed E-state index contributed by atoms with van der Waals surface area (Å²) in [6, 6.07) is 0. The van der Waals surface area contributed by atoms with E-state index in [-0.39, 0.29) is 5.54 Å². The number of rotatable bonds is 2. The van der Waals surface area contributed by atoms with Crippen molar-refractivity contribution >= 4 is 5.78 Å². The van der Waals surface area contributed by atoms with Gasteiger partial charge in [0, 0.05) is 18.4 Å². The van der Waals surface area contributed by atoms with Gasteiger partial charge in [-0.2, -0.15) is 0 Å². The van der Waals surface area contributed by atoms with Crippen LogP contribution in [0.5, 0.6) is 0 Å². The molecule has 0 saturated heterocycles. The highest BCUT2D eigenvalue weighted by Crippen LogP contribution is 2.20. The summed E-state index contributed by atoms with van der Waals surface area (Å²) in [6.45, 7) is 7.49. The Hall–Kier alpha value is -0.370. The monoisotopic (exact) mass is 183 g/mol. The number of carbonyl (C=O) groups excluding carboxylic acids is 1. The Labute approximate surface area is 81.1 Å². The Balaban J connectivity index is 2.25. The van der Waals surface area contributed by atoms with Crippen molar-refractivity contribution in [2.24, 2.45) is 5.92 Å². The van der Waals surface area contributed by atoms with E-state index in [1.165, 1.54) is 6.42 Å². The molecule has 76 valence electrons. The van der Waals surface area contributed by atoms with Crippen LogP contribution in [-0.2, 0) is 4.79 Å². The SMILES string of the molecule is CC(C)(C)NCC1CCCC(=O)C1. The van der Waals surface area contributed by atoms with Crippen LogP contribution in [0.4, 0.5) is 0 Å². The average Bonchev–Trinajstić information content (AvgIpc) is 2.00. The van der Waals surface area contributed by atoms with Crippen molar-refractivity contribution in [3.8, 4) is 0 Å². The summed E-state index contributed by atoms with van der Waals surface area (Å²) < 4.78 is 0. The predicted molar refractivity (Wildman–Crippen MR) is 54.7 cm³/mol. The second-order valence-electron chi connectivity index (χ2n) is 5.13. The molecule has 0 aromatic carbocycles. The van der Waals surface area contributed by atoms with Crippen molar-refractivity contribution in [2.45, 2.75) is 52.0 Å². The number of nitrogens with one attached hydrogen (secondary N) is 1. The molecule has 1 fully saturated rings. The minimum Gasteiger partial charge on any atom is -0.312 e. The van der Waals surface area contributed by atoms with Gasteiger partial charge < -0.3 is 5.32 Å². The van der Waals surface area contributed by atoms with Gasteiger partial charge >= 0.3 is 0 Å². The van der Waals surface area contributed by atoms with E-state index < -0.39 is 0 Å². The number of hydrogen-bond acceptors (Lipinski definition) is 2. The maximum atomic E-state index is 11.2. The molecule has 0 aromatic heterocycles. The van der Waals surface area contributed by atoms with Gasteiger partial charge in [-0.1, -0.05) is 0 Å². The van der Waals surface area contributed by atoms with E-state index >= 15 is 0 Å². The molecule has 1 aliphatic rings. The van der Waals surface area contributed by atoms with Crippen LogP contribution in [0.25, 0.3) is 0 Å². The average molecular weight is 183 g/mol. The Morgan fingerprint density at radius 1 is 1.46 bits per heavy atom. The van der Waals surface area contributed by atoms with Crippen LogP contribution in [0.15, 0.2) is 0 Å². The van der Waals surface area contributed by atoms with Gasteiger partial charge in [-0.05, 0) is 46.1 Å². The third-order valence-electron chi connectivity index (χ3n) is 2.51. The molecule has 0 radical (unpaired) electrons. The quantitative estimate of drug-likeness (QED) is 0.710. The summed E-state index contributed by atoms with van der Waals surface area (Å²) in [6.07, 6.45) is 3.92. The van der Waals surface area contributed by atoms with Crippen LogP contribution in [0.1, 0.15) is 46.5 Å². The molecule has 1 rings (SSSR count). The molecule has 0 heterocycles. The number of Topliss-reactive ketones (excluding diaryl/α,β-unsaturated/α-hetero) is 1. The molecule has 1 unspecified atom stereocenters. The molecule has 1 saturated carbocycles. The lowest BCUT2D eigenvalue weighted by atomic mass is 9.88. The zero-order valence-corrected chi connectivity index (χ0v) is 9.02. The first-order chi connectivity index (χ1) is 5.97. The van der Waals surface area contributed by atoms with Crippen molar-refractivity contribution in [3.05, 3.63) is 0 Å². The van der Waals surface area contributed by atoms with E-state index in [0.29, 0.717) is 11.7 Å². The Bertz CT molecular complexity index is 181. The summed E-state index contributed by atoms with van der Waals surface area (Å²) in [5, 5.41) is 3.46. The first-order valence-electron chi connectivity index (χ1n) is 5.24. The van der Waals surface area contributed by atoms with Gasteiger partial charge in [-0.3, -0.25) is 4.79 Å². The molecule has 0 bridgehead atoms. The summed E-state index contributed by atoms with van der Waals surface area (Å²) in [5.74, 6) is 1.03. The molecule has 2 heteroatoms. The zero-order valence-electron chi connectivity index (χ0n) is 9.02. The van der Waals surface area contributed by atoms with Gasteiger partial charge in [0.2, 0.25) is 0 Å². The van der Waals surface area contributed by atoms with Crippen LogP contribution in [0.3, 0.4) is 0 Å². The van der Waals surface area contributed by atoms with E-state index in [4.69, 9.17) is 0 Å². The summed E-state index contributed by atoms with van der Waals surface area (Å²) in [5.41, 5.74) is 0.181. The highest BCUT2D eigenvalue weighted by atomic mass is 16.1. The third kappa shape index (κ3) is 4.41. The van der Waals surface area contributed by atoms with Crippen molar-refractivity contribution in [1.82, 2.24) is 5.32 Å². The molecule has 1 aliphatic carbocycles. The minimum atomic E-state index is 0.181.